The van der Waals surface area contributed by atoms with Crippen LogP contribution >= 0.6 is 15.9 Å². The number of hydrazone groups is 1. The number of unbranched alkanes of at least 4 members (excludes halogenated alkanes) is 1. The average molecular weight is 445 g/mol. The van der Waals surface area contributed by atoms with E-state index in [2.05, 4.69) is 40.0 Å². The van der Waals surface area contributed by atoms with Crippen molar-refractivity contribution >= 4 is 28.1 Å². The zero-order valence-corrected chi connectivity index (χ0v) is 17.6. The highest BCUT2D eigenvalue weighted by Crippen LogP contribution is 2.21. The Morgan fingerprint density at radius 3 is 2.64 bits per heavy atom. The van der Waals surface area contributed by atoms with Crippen LogP contribution in [0.25, 0.3) is 0 Å². The van der Waals surface area contributed by atoms with E-state index in [0.29, 0.717) is 18.1 Å². The molecule has 0 saturated heterocycles. The van der Waals surface area contributed by atoms with Crippen LogP contribution in [-0.4, -0.2) is 25.3 Å². The van der Waals surface area contributed by atoms with Crippen molar-refractivity contribution < 1.29 is 14.3 Å². The van der Waals surface area contributed by atoms with Gasteiger partial charge in [-0.1, -0.05) is 54.1 Å². The second kappa shape index (κ2) is 12.0. The predicted octanol–water partition coefficient (Wildman–Crippen LogP) is 4.89. The third kappa shape index (κ3) is 7.56. The first kappa shape index (κ1) is 21.7. The maximum absolute atomic E-state index is 11.9. The number of carbonyl (C=O) groups is 1. The normalized spacial score (nSPS) is 10.6. The Morgan fingerprint density at radius 1 is 1.18 bits per heavy atom. The number of carbonyl (C=O) groups excluding carboxylic acids is 1. The number of nitrogens with zero attached hydrogens (tertiary/aromatic N) is 1. The van der Waals surface area contributed by atoms with E-state index in [-0.39, 0.29) is 12.5 Å². The van der Waals surface area contributed by atoms with Crippen LogP contribution in [0.2, 0.25) is 0 Å². The molecular weight excluding hydrogens is 420 g/mol. The van der Waals surface area contributed by atoms with Crippen LogP contribution < -0.4 is 14.9 Å². The number of amides is 1. The maximum atomic E-state index is 11.9. The number of rotatable bonds is 11. The van der Waals surface area contributed by atoms with Crippen LogP contribution in [0.5, 0.6) is 11.5 Å². The van der Waals surface area contributed by atoms with Gasteiger partial charge in [-0.25, -0.2) is 5.43 Å². The number of aryl methyl sites for hydroxylation is 1. The molecule has 0 saturated carbocycles. The van der Waals surface area contributed by atoms with Crippen LogP contribution in [0, 0.1) is 0 Å². The third-order valence-corrected chi connectivity index (χ3v) is 4.56. The molecule has 0 radical (unpaired) electrons. The van der Waals surface area contributed by atoms with Crippen molar-refractivity contribution in [2.45, 2.75) is 26.2 Å². The molecule has 0 heterocycles. The second-order valence-corrected chi connectivity index (χ2v) is 6.97. The molecular formula is C22H25BrN2O3. The van der Waals surface area contributed by atoms with Gasteiger partial charge in [0.1, 0.15) is 18.1 Å². The summed E-state index contributed by atoms with van der Waals surface area (Å²) in [6, 6.07) is 13.3. The van der Waals surface area contributed by atoms with Crippen molar-refractivity contribution in [3.63, 3.8) is 0 Å². The van der Waals surface area contributed by atoms with Crippen LogP contribution in [0.15, 0.2) is 64.7 Å². The zero-order chi connectivity index (χ0) is 20.2. The molecule has 1 amide bonds. The van der Waals surface area contributed by atoms with Crippen molar-refractivity contribution in [3.8, 4) is 11.5 Å². The van der Waals surface area contributed by atoms with Gasteiger partial charge in [-0.2, -0.15) is 5.10 Å². The van der Waals surface area contributed by atoms with Crippen molar-refractivity contribution in [1.29, 1.82) is 0 Å². The van der Waals surface area contributed by atoms with Crippen LogP contribution in [0.1, 0.15) is 30.9 Å². The van der Waals surface area contributed by atoms with Gasteiger partial charge in [-0.3, -0.25) is 4.79 Å². The topological polar surface area (TPSA) is 59.9 Å². The number of hydrogen-bond acceptors (Lipinski definition) is 4. The fourth-order valence-electron chi connectivity index (χ4n) is 2.35. The fourth-order valence-corrected chi connectivity index (χ4v) is 2.70. The molecule has 28 heavy (non-hydrogen) atoms. The van der Waals surface area contributed by atoms with Crippen molar-refractivity contribution in [1.82, 2.24) is 5.43 Å². The summed E-state index contributed by atoms with van der Waals surface area (Å²) in [7, 11) is 0. The molecule has 0 atom stereocenters. The monoisotopic (exact) mass is 444 g/mol. The summed E-state index contributed by atoms with van der Waals surface area (Å²) >= 11 is 3.44. The Bertz CT molecular complexity index is 804. The van der Waals surface area contributed by atoms with Crippen molar-refractivity contribution in [2.75, 3.05) is 13.2 Å². The molecule has 0 aromatic heterocycles. The molecule has 0 aliphatic carbocycles. The number of hydrogen-bond donors (Lipinski definition) is 1. The summed E-state index contributed by atoms with van der Waals surface area (Å²) in [4.78, 5) is 11.9. The van der Waals surface area contributed by atoms with Crippen molar-refractivity contribution in [3.05, 3.63) is 70.7 Å². The molecule has 5 nitrogen and oxygen atoms in total. The molecule has 0 fully saturated rings. The fraction of sp³-hybridized carbons (Fsp3) is 0.273. The minimum atomic E-state index is -0.332. The van der Waals surface area contributed by atoms with Gasteiger partial charge in [0.05, 0.1) is 6.21 Å². The molecule has 0 unspecified atom stereocenters. The van der Waals surface area contributed by atoms with Gasteiger partial charge in [0.25, 0.3) is 5.91 Å². The van der Waals surface area contributed by atoms with Gasteiger partial charge in [0, 0.05) is 10.0 Å². The SMILES string of the molecule is C=CCOc1ccc(Br)c(/C=N/NC(=O)COc2ccc(CCCC)cc2)c1. The van der Waals surface area contributed by atoms with Crippen LogP contribution in [0.3, 0.4) is 0 Å². The van der Waals surface area contributed by atoms with Crippen LogP contribution in [-0.2, 0) is 11.2 Å². The molecule has 0 bridgehead atoms. The lowest BCUT2D eigenvalue weighted by atomic mass is 10.1. The largest absolute Gasteiger partial charge is 0.490 e. The molecule has 2 rings (SSSR count). The van der Waals surface area contributed by atoms with E-state index in [4.69, 9.17) is 9.47 Å². The minimum absolute atomic E-state index is 0.102. The van der Waals surface area contributed by atoms with Gasteiger partial charge in [-0.15, -0.1) is 0 Å². The highest BCUT2D eigenvalue weighted by atomic mass is 79.9. The average Bonchev–Trinajstić information content (AvgIpc) is 2.71. The summed E-state index contributed by atoms with van der Waals surface area (Å²) in [6.45, 7) is 6.11. The molecule has 1 N–H and O–H groups in total. The maximum Gasteiger partial charge on any atom is 0.277 e. The minimum Gasteiger partial charge on any atom is -0.490 e. The Labute approximate surface area is 174 Å². The molecule has 0 spiro atoms. The molecule has 0 aliphatic heterocycles. The molecule has 2 aromatic rings. The highest BCUT2D eigenvalue weighted by Gasteiger charge is 2.03. The van der Waals surface area contributed by atoms with Gasteiger partial charge in [-0.05, 0) is 48.7 Å². The quantitative estimate of drug-likeness (QED) is 0.305. The Kier molecular flexibility index (Phi) is 9.28. The first-order valence-corrected chi connectivity index (χ1v) is 9.98. The Morgan fingerprint density at radius 2 is 1.93 bits per heavy atom. The van der Waals surface area contributed by atoms with Gasteiger partial charge < -0.3 is 9.47 Å². The first-order chi connectivity index (χ1) is 13.6. The molecule has 148 valence electrons. The summed E-state index contributed by atoms with van der Waals surface area (Å²) in [5.41, 5.74) is 4.51. The van der Waals surface area contributed by atoms with E-state index < -0.39 is 0 Å². The number of nitrogens with one attached hydrogen (secondary N) is 1. The first-order valence-electron chi connectivity index (χ1n) is 9.19. The van der Waals surface area contributed by atoms with E-state index in [0.717, 1.165) is 16.5 Å². The Balaban J connectivity index is 1.81. The van der Waals surface area contributed by atoms with E-state index in [1.165, 1.54) is 18.4 Å². The van der Waals surface area contributed by atoms with Crippen molar-refractivity contribution in [2.24, 2.45) is 5.10 Å². The van der Waals surface area contributed by atoms with E-state index in [1.54, 1.807) is 12.3 Å². The second-order valence-electron chi connectivity index (χ2n) is 6.11. The van der Waals surface area contributed by atoms with Gasteiger partial charge >= 0.3 is 0 Å². The van der Waals surface area contributed by atoms with Crippen LogP contribution in [0.4, 0.5) is 0 Å². The standard InChI is InChI=1S/C22H25BrN2O3/c1-3-5-6-17-7-9-19(10-8-17)28-16-22(26)25-24-15-18-14-20(27-13-4-2)11-12-21(18)23/h4,7-12,14-15H,2-3,5-6,13,16H2,1H3,(H,25,26)/b24-15+. The van der Waals surface area contributed by atoms with E-state index in [1.807, 2.05) is 42.5 Å². The van der Waals surface area contributed by atoms with E-state index in [9.17, 15) is 4.79 Å². The molecule has 0 aliphatic rings. The molecule has 6 heteroatoms. The summed E-state index contributed by atoms with van der Waals surface area (Å²) in [6.07, 6.45) is 6.61. The lowest BCUT2D eigenvalue weighted by molar-refractivity contribution is -0.123. The lowest BCUT2D eigenvalue weighted by Gasteiger charge is -2.07. The summed E-state index contributed by atoms with van der Waals surface area (Å²) in [5, 5.41) is 3.97. The highest BCUT2D eigenvalue weighted by molar-refractivity contribution is 9.10. The molecule has 2 aromatic carbocycles. The van der Waals surface area contributed by atoms with Gasteiger partial charge in [0.15, 0.2) is 6.61 Å². The zero-order valence-electron chi connectivity index (χ0n) is 16.0. The van der Waals surface area contributed by atoms with E-state index >= 15 is 0 Å². The number of benzene rings is 2. The Hall–Kier alpha value is -2.60. The number of halogens is 1. The van der Waals surface area contributed by atoms with Gasteiger partial charge in [0.2, 0.25) is 0 Å². The smallest absolute Gasteiger partial charge is 0.277 e. The number of ether oxygens (including phenoxy) is 2. The third-order valence-electron chi connectivity index (χ3n) is 3.84. The summed E-state index contributed by atoms with van der Waals surface area (Å²) < 4.78 is 11.8. The predicted molar refractivity (Wildman–Crippen MR) is 116 cm³/mol. The lowest BCUT2D eigenvalue weighted by Crippen LogP contribution is -2.24. The summed E-state index contributed by atoms with van der Waals surface area (Å²) in [5.74, 6) is 1.03.